The van der Waals surface area contributed by atoms with Crippen LogP contribution in [-0.2, 0) is 6.61 Å². The maximum atomic E-state index is 9.09. The molecule has 0 aliphatic carbocycles. The average Bonchev–Trinajstić information content (AvgIpc) is 2.47. The summed E-state index contributed by atoms with van der Waals surface area (Å²) in [6.45, 7) is -0.0850. The van der Waals surface area contributed by atoms with Crippen molar-refractivity contribution >= 4 is 11.8 Å². The Morgan fingerprint density at radius 3 is 2.70 bits per heavy atom. The van der Waals surface area contributed by atoms with E-state index in [2.05, 4.69) is 15.4 Å². The number of aliphatic hydroxyl groups excluding tert-OH is 1. The zero-order valence-corrected chi connectivity index (χ0v) is 10.8. The number of hydrazine groups is 1. The minimum Gasteiger partial charge on any atom is -0.493 e. The summed E-state index contributed by atoms with van der Waals surface area (Å²) in [6.07, 6.45) is 0. The molecule has 0 aliphatic rings. The first-order valence-electron chi connectivity index (χ1n) is 5.73. The maximum absolute atomic E-state index is 9.09. The van der Waals surface area contributed by atoms with Crippen LogP contribution in [0.5, 0.6) is 17.4 Å². The van der Waals surface area contributed by atoms with Crippen LogP contribution in [0.1, 0.15) is 5.56 Å². The highest BCUT2D eigenvalue weighted by Gasteiger charge is 2.09. The van der Waals surface area contributed by atoms with Crippen molar-refractivity contribution in [1.29, 1.82) is 0 Å². The van der Waals surface area contributed by atoms with Crippen molar-refractivity contribution in [1.82, 2.24) is 9.97 Å². The second-order valence-electron chi connectivity index (χ2n) is 3.84. The van der Waals surface area contributed by atoms with Gasteiger partial charge in [-0.05, 0) is 17.7 Å². The lowest BCUT2D eigenvalue weighted by Gasteiger charge is -2.11. The van der Waals surface area contributed by atoms with Gasteiger partial charge in [0.1, 0.15) is 5.82 Å². The summed E-state index contributed by atoms with van der Waals surface area (Å²) in [4.78, 5) is 7.79. The van der Waals surface area contributed by atoms with Crippen molar-refractivity contribution in [3.05, 3.63) is 29.8 Å². The van der Waals surface area contributed by atoms with E-state index in [1.54, 1.807) is 18.2 Å². The van der Waals surface area contributed by atoms with Crippen LogP contribution in [0.15, 0.2) is 24.3 Å². The summed E-state index contributed by atoms with van der Waals surface area (Å²) in [5.41, 5.74) is 8.62. The molecule has 8 heteroatoms. The van der Waals surface area contributed by atoms with Crippen molar-refractivity contribution in [2.24, 2.45) is 5.84 Å². The standard InChI is InChI=1S/C12H15N5O3/c1-19-9-4-7(6-18)2-3-8(9)20-11-5-10(17-14)15-12(13)16-11/h2-5,18H,6,14H2,1H3,(H3,13,15,16,17). The number of benzene rings is 1. The van der Waals surface area contributed by atoms with E-state index in [4.69, 9.17) is 26.2 Å². The monoisotopic (exact) mass is 277 g/mol. The second kappa shape index (κ2) is 6.04. The molecule has 0 radical (unpaired) electrons. The van der Waals surface area contributed by atoms with Crippen LogP contribution >= 0.6 is 0 Å². The lowest BCUT2D eigenvalue weighted by Crippen LogP contribution is -2.10. The molecule has 1 heterocycles. The van der Waals surface area contributed by atoms with Gasteiger partial charge in [-0.3, -0.25) is 0 Å². The van der Waals surface area contributed by atoms with Gasteiger partial charge in [0.15, 0.2) is 11.5 Å². The first-order valence-corrected chi connectivity index (χ1v) is 5.73. The number of hydrogen-bond donors (Lipinski definition) is 4. The van der Waals surface area contributed by atoms with Gasteiger partial charge in [-0.1, -0.05) is 6.07 Å². The maximum Gasteiger partial charge on any atom is 0.226 e. The Labute approximate surface area is 115 Å². The van der Waals surface area contributed by atoms with E-state index >= 15 is 0 Å². The van der Waals surface area contributed by atoms with E-state index in [1.807, 2.05) is 0 Å². The second-order valence-corrected chi connectivity index (χ2v) is 3.84. The molecule has 8 nitrogen and oxygen atoms in total. The van der Waals surface area contributed by atoms with Gasteiger partial charge in [0.05, 0.1) is 13.7 Å². The van der Waals surface area contributed by atoms with Gasteiger partial charge in [-0.25, -0.2) is 5.84 Å². The van der Waals surface area contributed by atoms with E-state index in [1.165, 1.54) is 13.2 Å². The summed E-state index contributed by atoms with van der Waals surface area (Å²) in [5, 5.41) is 9.09. The Morgan fingerprint density at radius 2 is 2.05 bits per heavy atom. The zero-order valence-electron chi connectivity index (χ0n) is 10.8. The summed E-state index contributed by atoms with van der Waals surface area (Å²) in [6, 6.07) is 6.54. The Balaban J connectivity index is 2.31. The van der Waals surface area contributed by atoms with Crippen LogP contribution in [0.25, 0.3) is 0 Å². The molecular weight excluding hydrogens is 262 g/mol. The minimum absolute atomic E-state index is 0.0291. The Morgan fingerprint density at radius 1 is 1.25 bits per heavy atom. The fourth-order valence-corrected chi connectivity index (χ4v) is 1.58. The number of rotatable bonds is 5. The van der Waals surface area contributed by atoms with Crippen LogP contribution in [0, 0.1) is 0 Å². The Hall–Kier alpha value is -2.58. The van der Waals surface area contributed by atoms with Crippen LogP contribution in [0.2, 0.25) is 0 Å². The first kappa shape index (κ1) is 13.8. The highest BCUT2D eigenvalue weighted by molar-refractivity contribution is 5.47. The van der Waals surface area contributed by atoms with E-state index < -0.39 is 0 Å². The smallest absolute Gasteiger partial charge is 0.226 e. The third-order valence-corrected chi connectivity index (χ3v) is 2.49. The van der Waals surface area contributed by atoms with Gasteiger partial charge in [-0.2, -0.15) is 9.97 Å². The van der Waals surface area contributed by atoms with Crippen LogP contribution < -0.4 is 26.5 Å². The topological polar surface area (TPSA) is 129 Å². The molecule has 0 unspecified atom stereocenters. The van der Waals surface area contributed by atoms with Crippen molar-refractivity contribution in [2.75, 3.05) is 18.3 Å². The summed E-state index contributed by atoms with van der Waals surface area (Å²) in [5.74, 6) is 6.76. The number of ether oxygens (including phenoxy) is 2. The van der Waals surface area contributed by atoms with E-state index in [-0.39, 0.29) is 18.4 Å². The molecule has 20 heavy (non-hydrogen) atoms. The lowest BCUT2D eigenvalue weighted by atomic mass is 10.2. The molecule has 0 spiro atoms. The molecule has 0 aliphatic heterocycles. The van der Waals surface area contributed by atoms with Crippen molar-refractivity contribution in [2.45, 2.75) is 6.61 Å². The molecule has 0 saturated heterocycles. The number of aromatic nitrogens is 2. The minimum atomic E-state index is -0.0850. The molecule has 1 aromatic carbocycles. The molecule has 0 fully saturated rings. The molecule has 0 saturated carbocycles. The Bertz CT molecular complexity index is 606. The molecule has 106 valence electrons. The molecule has 6 N–H and O–H groups in total. The van der Waals surface area contributed by atoms with Gasteiger partial charge >= 0.3 is 0 Å². The summed E-state index contributed by atoms with van der Waals surface area (Å²) >= 11 is 0. The third-order valence-electron chi connectivity index (χ3n) is 2.49. The van der Waals surface area contributed by atoms with Gasteiger partial charge in [0.2, 0.25) is 11.8 Å². The summed E-state index contributed by atoms with van der Waals surface area (Å²) < 4.78 is 10.8. The molecule has 1 aromatic heterocycles. The van der Waals surface area contributed by atoms with Gasteiger partial charge < -0.3 is 25.7 Å². The number of nitrogens with zero attached hydrogens (tertiary/aromatic N) is 2. The van der Waals surface area contributed by atoms with Crippen LogP contribution in [0.4, 0.5) is 11.8 Å². The fraction of sp³-hybridized carbons (Fsp3) is 0.167. The molecule has 0 amide bonds. The lowest BCUT2D eigenvalue weighted by molar-refractivity contribution is 0.280. The van der Waals surface area contributed by atoms with E-state index in [9.17, 15) is 0 Å². The molecule has 0 atom stereocenters. The number of methoxy groups -OCH3 is 1. The molecular formula is C12H15N5O3. The number of nitrogens with two attached hydrogens (primary N) is 2. The van der Waals surface area contributed by atoms with Crippen molar-refractivity contribution in [3.63, 3.8) is 0 Å². The normalized spacial score (nSPS) is 10.2. The number of nitrogen functional groups attached to an aromatic ring is 2. The third kappa shape index (κ3) is 3.05. The predicted octanol–water partition coefficient (Wildman–Crippen LogP) is 0.638. The zero-order chi connectivity index (χ0) is 14.5. The average molecular weight is 277 g/mol. The van der Waals surface area contributed by atoms with Crippen LogP contribution in [-0.4, -0.2) is 22.2 Å². The van der Waals surface area contributed by atoms with E-state index in [0.29, 0.717) is 22.9 Å². The summed E-state index contributed by atoms with van der Waals surface area (Å²) in [7, 11) is 1.50. The first-order chi connectivity index (χ1) is 9.66. The number of hydrogen-bond acceptors (Lipinski definition) is 8. The number of nitrogens with one attached hydrogen (secondary N) is 1. The number of anilines is 2. The van der Waals surface area contributed by atoms with E-state index in [0.717, 1.165) is 0 Å². The predicted molar refractivity (Wildman–Crippen MR) is 73.2 cm³/mol. The highest BCUT2D eigenvalue weighted by Crippen LogP contribution is 2.32. The number of aliphatic hydroxyl groups is 1. The largest absolute Gasteiger partial charge is 0.493 e. The van der Waals surface area contributed by atoms with Gasteiger partial charge in [0, 0.05) is 6.07 Å². The highest BCUT2D eigenvalue weighted by atomic mass is 16.5. The SMILES string of the molecule is COc1cc(CO)ccc1Oc1cc(NN)nc(N)n1. The van der Waals surface area contributed by atoms with Gasteiger partial charge in [0.25, 0.3) is 0 Å². The van der Waals surface area contributed by atoms with Crippen molar-refractivity contribution < 1.29 is 14.6 Å². The Kier molecular flexibility index (Phi) is 4.18. The quantitative estimate of drug-likeness (QED) is 0.463. The van der Waals surface area contributed by atoms with Crippen molar-refractivity contribution in [3.8, 4) is 17.4 Å². The molecule has 0 bridgehead atoms. The molecule has 2 rings (SSSR count). The molecule has 2 aromatic rings. The van der Waals surface area contributed by atoms with Crippen LogP contribution in [0.3, 0.4) is 0 Å². The fourth-order valence-electron chi connectivity index (χ4n) is 1.58. The van der Waals surface area contributed by atoms with Gasteiger partial charge in [-0.15, -0.1) is 0 Å².